The molecule has 0 spiro atoms. The molecular formula is C15H21N3O2S. The molecule has 3 rings (SSSR count). The zero-order chi connectivity index (χ0) is 15.0. The smallest absolute Gasteiger partial charge is 0.312 e. The zero-order valence-electron chi connectivity index (χ0n) is 12.5. The number of rotatable bonds is 4. The number of nitrogens with zero attached hydrogens (tertiary/aromatic N) is 3. The van der Waals surface area contributed by atoms with Crippen LogP contribution in [0, 0.1) is 0 Å². The molecule has 0 bridgehead atoms. The molecule has 3 amide bonds. The van der Waals surface area contributed by atoms with Crippen LogP contribution in [0.15, 0.2) is 17.5 Å². The molecular weight excluding hydrogens is 286 g/mol. The minimum Gasteiger partial charge on any atom is -0.312 e. The van der Waals surface area contributed by atoms with Gasteiger partial charge in [-0.25, -0.2) is 4.79 Å². The molecule has 0 aromatic carbocycles. The monoisotopic (exact) mass is 307 g/mol. The first-order chi connectivity index (χ1) is 10.1. The van der Waals surface area contributed by atoms with Gasteiger partial charge in [0.25, 0.3) is 5.91 Å². The molecule has 6 heteroatoms. The predicted molar refractivity (Wildman–Crippen MR) is 82.2 cm³/mol. The average molecular weight is 307 g/mol. The maximum atomic E-state index is 12.5. The number of thiophene rings is 1. The van der Waals surface area contributed by atoms with Crippen LogP contribution in [-0.2, 0) is 4.79 Å². The number of amides is 3. The van der Waals surface area contributed by atoms with Gasteiger partial charge in [0.1, 0.15) is 6.04 Å². The van der Waals surface area contributed by atoms with Crippen LogP contribution in [0.25, 0.3) is 0 Å². The fourth-order valence-corrected chi connectivity index (χ4v) is 4.09. The molecule has 2 saturated heterocycles. The van der Waals surface area contributed by atoms with Gasteiger partial charge in [0.05, 0.1) is 12.6 Å². The van der Waals surface area contributed by atoms with Gasteiger partial charge in [0.2, 0.25) is 0 Å². The van der Waals surface area contributed by atoms with Crippen LogP contribution in [-0.4, -0.2) is 59.9 Å². The van der Waals surface area contributed by atoms with Crippen LogP contribution in [0.3, 0.4) is 0 Å². The van der Waals surface area contributed by atoms with Crippen LogP contribution < -0.4 is 0 Å². The van der Waals surface area contributed by atoms with Crippen LogP contribution in [0.4, 0.5) is 4.79 Å². The molecule has 2 aliphatic rings. The van der Waals surface area contributed by atoms with Crippen molar-refractivity contribution in [2.24, 2.45) is 0 Å². The second kappa shape index (κ2) is 5.77. The lowest BCUT2D eigenvalue weighted by Crippen LogP contribution is -2.39. The van der Waals surface area contributed by atoms with Gasteiger partial charge in [0.15, 0.2) is 0 Å². The van der Waals surface area contributed by atoms with E-state index >= 15 is 0 Å². The Labute approximate surface area is 129 Å². The lowest BCUT2D eigenvalue weighted by atomic mass is 10.0. The minimum absolute atomic E-state index is 0.0110. The van der Waals surface area contributed by atoms with Crippen molar-refractivity contribution in [3.63, 3.8) is 0 Å². The lowest BCUT2D eigenvalue weighted by Gasteiger charge is -2.27. The van der Waals surface area contributed by atoms with E-state index in [4.69, 9.17) is 0 Å². The topological polar surface area (TPSA) is 43.9 Å². The summed E-state index contributed by atoms with van der Waals surface area (Å²) in [6.45, 7) is 1.16. The fourth-order valence-electron chi connectivity index (χ4n) is 3.18. The van der Waals surface area contributed by atoms with E-state index in [1.165, 1.54) is 9.78 Å². The number of imide groups is 1. The van der Waals surface area contributed by atoms with Crippen molar-refractivity contribution in [1.29, 1.82) is 0 Å². The maximum Gasteiger partial charge on any atom is 0.327 e. The summed E-state index contributed by atoms with van der Waals surface area (Å²) < 4.78 is 0. The molecule has 1 aromatic heterocycles. The van der Waals surface area contributed by atoms with Crippen molar-refractivity contribution < 1.29 is 9.59 Å². The molecule has 21 heavy (non-hydrogen) atoms. The molecule has 2 atom stereocenters. The first-order valence-corrected chi connectivity index (χ1v) is 8.29. The Morgan fingerprint density at radius 3 is 2.81 bits per heavy atom. The number of fused-ring (bicyclic) bond motifs is 1. The lowest BCUT2D eigenvalue weighted by molar-refractivity contribution is -0.129. The van der Waals surface area contributed by atoms with Crippen molar-refractivity contribution in [2.75, 3.05) is 27.2 Å². The largest absolute Gasteiger partial charge is 0.327 e. The first-order valence-electron chi connectivity index (χ1n) is 7.41. The Morgan fingerprint density at radius 2 is 2.19 bits per heavy atom. The van der Waals surface area contributed by atoms with Crippen LogP contribution >= 0.6 is 11.3 Å². The summed E-state index contributed by atoms with van der Waals surface area (Å²) in [5.41, 5.74) is 0. The fraction of sp³-hybridized carbons (Fsp3) is 0.600. The first kappa shape index (κ1) is 14.5. The molecule has 2 aliphatic heterocycles. The third-order valence-electron chi connectivity index (χ3n) is 4.38. The van der Waals surface area contributed by atoms with Gasteiger partial charge in [-0.15, -0.1) is 11.3 Å². The van der Waals surface area contributed by atoms with E-state index in [0.717, 1.165) is 25.8 Å². The highest BCUT2D eigenvalue weighted by molar-refractivity contribution is 7.10. The Bertz CT molecular complexity index is 505. The van der Waals surface area contributed by atoms with Gasteiger partial charge >= 0.3 is 6.03 Å². The molecule has 0 saturated carbocycles. The number of carbonyl (C=O) groups excluding carboxylic acids is 2. The van der Waals surface area contributed by atoms with E-state index in [1.54, 1.807) is 16.2 Å². The molecule has 0 radical (unpaired) electrons. The second-order valence-electron chi connectivity index (χ2n) is 5.93. The van der Waals surface area contributed by atoms with Gasteiger partial charge in [-0.1, -0.05) is 6.07 Å². The third-order valence-corrected chi connectivity index (χ3v) is 5.35. The SMILES string of the molecule is CN(C)[C@@H](CN1C(=O)[C@@H]2CCCCN2C1=O)c1cccs1. The average Bonchev–Trinajstić information content (AvgIpc) is 3.07. The highest BCUT2D eigenvalue weighted by Gasteiger charge is 2.46. The molecule has 3 heterocycles. The van der Waals surface area contributed by atoms with Gasteiger partial charge < -0.3 is 9.80 Å². The van der Waals surface area contributed by atoms with E-state index in [2.05, 4.69) is 11.0 Å². The number of carbonyl (C=O) groups is 2. The molecule has 0 unspecified atom stereocenters. The molecule has 0 aliphatic carbocycles. The molecule has 0 N–H and O–H groups in total. The molecule has 114 valence electrons. The van der Waals surface area contributed by atoms with Crippen LogP contribution in [0.5, 0.6) is 0 Å². The highest BCUT2D eigenvalue weighted by Crippen LogP contribution is 2.30. The highest BCUT2D eigenvalue weighted by atomic mass is 32.1. The van der Waals surface area contributed by atoms with Crippen molar-refractivity contribution in [2.45, 2.75) is 31.3 Å². The Hall–Kier alpha value is -1.40. The van der Waals surface area contributed by atoms with E-state index in [-0.39, 0.29) is 24.0 Å². The predicted octanol–water partition coefficient (Wildman–Crippen LogP) is 2.17. The third kappa shape index (κ3) is 2.58. The number of hydrogen-bond donors (Lipinski definition) is 0. The number of urea groups is 1. The van der Waals surface area contributed by atoms with Crippen LogP contribution in [0.1, 0.15) is 30.2 Å². The standard InChI is InChI=1S/C15H21N3O2S/c1-16(2)12(13-7-5-9-21-13)10-18-14(19)11-6-3-4-8-17(11)15(18)20/h5,7,9,11-12H,3-4,6,8,10H2,1-2H3/t11-,12-/m0/s1. The van der Waals surface area contributed by atoms with E-state index < -0.39 is 0 Å². The van der Waals surface area contributed by atoms with E-state index in [0.29, 0.717) is 6.54 Å². The normalized spacial score (nSPS) is 23.9. The molecule has 5 nitrogen and oxygen atoms in total. The summed E-state index contributed by atoms with van der Waals surface area (Å²) in [4.78, 5) is 31.5. The summed E-state index contributed by atoms with van der Waals surface area (Å²) in [5, 5.41) is 2.03. The van der Waals surface area contributed by atoms with Crippen LogP contribution in [0.2, 0.25) is 0 Å². The van der Waals surface area contributed by atoms with Gasteiger partial charge in [-0.3, -0.25) is 9.69 Å². The summed E-state index contributed by atoms with van der Waals surface area (Å²) in [5.74, 6) is -0.0110. The second-order valence-corrected chi connectivity index (χ2v) is 6.91. The minimum atomic E-state index is -0.211. The summed E-state index contributed by atoms with van der Waals surface area (Å²) in [6.07, 6.45) is 2.86. The summed E-state index contributed by atoms with van der Waals surface area (Å²) in [6, 6.07) is 3.82. The Morgan fingerprint density at radius 1 is 1.38 bits per heavy atom. The van der Waals surface area contributed by atoms with Crippen molar-refractivity contribution in [1.82, 2.24) is 14.7 Å². The number of hydrogen-bond acceptors (Lipinski definition) is 4. The summed E-state index contributed by atoms with van der Waals surface area (Å²) in [7, 11) is 3.98. The number of piperidine rings is 1. The molecule has 2 fully saturated rings. The Kier molecular flexibility index (Phi) is 3.99. The molecule has 1 aromatic rings. The van der Waals surface area contributed by atoms with Gasteiger partial charge in [0, 0.05) is 11.4 Å². The van der Waals surface area contributed by atoms with Gasteiger partial charge in [-0.05, 0) is 44.8 Å². The van der Waals surface area contributed by atoms with Gasteiger partial charge in [-0.2, -0.15) is 0 Å². The summed E-state index contributed by atoms with van der Waals surface area (Å²) >= 11 is 1.67. The van der Waals surface area contributed by atoms with Crippen molar-refractivity contribution >= 4 is 23.3 Å². The van der Waals surface area contributed by atoms with Crippen molar-refractivity contribution in [3.8, 4) is 0 Å². The maximum absolute atomic E-state index is 12.5. The van der Waals surface area contributed by atoms with E-state index in [9.17, 15) is 9.59 Å². The van der Waals surface area contributed by atoms with E-state index in [1.807, 2.05) is 25.5 Å². The zero-order valence-corrected chi connectivity index (χ0v) is 13.3. The van der Waals surface area contributed by atoms with Crippen molar-refractivity contribution in [3.05, 3.63) is 22.4 Å². The number of likely N-dealkylation sites (N-methyl/N-ethyl adjacent to an activating group) is 1. The Balaban J connectivity index is 1.80. The quantitative estimate of drug-likeness (QED) is 0.801.